The van der Waals surface area contributed by atoms with Crippen molar-refractivity contribution in [1.82, 2.24) is 4.90 Å². The Morgan fingerprint density at radius 1 is 1.09 bits per heavy atom. The van der Waals surface area contributed by atoms with E-state index in [1.165, 1.54) is 5.56 Å². The van der Waals surface area contributed by atoms with Gasteiger partial charge in [-0.1, -0.05) is 30.3 Å². The highest BCUT2D eigenvalue weighted by Gasteiger charge is 2.00. The smallest absolute Gasteiger partial charge is 0.191 e. The van der Waals surface area contributed by atoms with E-state index in [1.54, 1.807) is 0 Å². The molecule has 5 heteroatoms. The highest BCUT2D eigenvalue weighted by Crippen LogP contribution is 2.00. The van der Waals surface area contributed by atoms with Gasteiger partial charge in [-0.2, -0.15) is 0 Å². The summed E-state index contributed by atoms with van der Waals surface area (Å²) in [5, 5.41) is 0. The van der Waals surface area contributed by atoms with Gasteiger partial charge in [0.05, 0.1) is 6.61 Å². The fourth-order valence-electron chi connectivity index (χ4n) is 2.09. The summed E-state index contributed by atoms with van der Waals surface area (Å²) in [5.41, 5.74) is 7.24. The van der Waals surface area contributed by atoms with Gasteiger partial charge in [0.15, 0.2) is 5.96 Å². The second-order valence-electron chi connectivity index (χ2n) is 4.97. The Bertz CT molecular complexity index is 394. The van der Waals surface area contributed by atoms with Crippen LogP contribution >= 0.6 is 24.0 Å². The Balaban J connectivity index is 0.00000441. The van der Waals surface area contributed by atoms with Crippen molar-refractivity contribution in [2.45, 2.75) is 33.1 Å². The summed E-state index contributed by atoms with van der Waals surface area (Å²) < 4.78 is 5.64. The second kappa shape index (κ2) is 13.8. The van der Waals surface area contributed by atoms with Crippen molar-refractivity contribution in [2.24, 2.45) is 10.7 Å². The molecule has 0 bridgehead atoms. The summed E-state index contributed by atoms with van der Waals surface area (Å²) in [6.07, 6.45) is 3.03. The van der Waals surface area contributed by atoms with Crippen molar-refractivity contribution < 1.29 is 4.74 Å². The lowest BCUT2D eigenvalue weighted by atomic mass is 10.2. The van der Waals surface area contributed by atoms with Gasteiger partial charge in [0.2, 0.25) is 0 Å². The van der Waals surface area contributed by atoms with Crippen LogP contribution < -0.4 is 5.73 Å². The number of hydrogen-bond donors (Lipinski definition) is 1. The van der Waals surface area contributed by atoms with Gasteiger partial charge in [-0.15, -0.1) is 24.0 Å². The van der Waals surface area contributed by atoms with Crippen molar-refractivity contribution in [3.05, 3.63) is 35.9 Å². The van der Waals surface area contributed by atoms with Gasteiger partial charge in [0, 0.05) is 26.2 Å². The van der Waals surface area contributed by atoms with Crippen LogP contribution in [-0.2, 0) is 11.2 Å². The van der Waals surface area contributed by atoms with Crippen molar-refractivity contribution in [3.8, 4) is 0 Å². The van der Waals surface area contributed by atoms with Gasteiger partial charge in [-0.3, -0.25) is 4.99 Å². The fraction of sp³-hybridized carbons (Fsp3) is 0.588. The van der Waals surface area contributed by atoms with E-state index < -0.39 is 0 Å². The van der Waals surface area contributed by atoms with Crippen LogP contribution in [0, 0.1) is 0 Å². The van der Waals surface area contributed by atoms with Gasteiger partial charge < -0.3 is 15.4 Å². The maximum Gasteiger partial charge on any atom is 0.191 e. The van der Waals surface area contributed by atoms with Crippen LogP contribution in [0.25, 0.3) is 0 Å². The molecule has 1 rings (SSSR count). The van der Waals surface area contributed by atoms with Crippen LogP contribution in [0.4, 0.5) is 0 Å². The van der Waals surface area contributed by atoms with Crippen LogP contribution in [0.2, 0.25) is 0 Å². The molecule has 0 aliphatic carbocycles. The van der Waals surface area contributed by atoms with Crippen molar-refractivity contribution in [3.63, 3.8) is 0 Å². The molecule has 0 aliphatic rings. The molecule has 0 saturated heterocycles. The third-order valence-electron chi connectivity index (χ3n) is 3.44. The minimum Gasteiger partial charge on any atom is -0.381 e. The summed E-state index contributed by atoms with van der Waals surface area (Å²) >= 11 is 0. The first-order valence-corrected chi connectivity index (χ1v) is 7.94. The Morgan fingerprint density at radius 2 is 1.77 bits per heavy atom. The standard InChI is InChI=1S/C17H29N3O.HI/c1-3-20(4-2)17(18)19-13-8-9-14-21-15-12-16-10-6-5-7-11-16;/h5-7,10-11H,3-4,8-9,12-15H2,1-2H3,(H2,18,19);1H. The molecule has 0 heterocycles. The van der Waals surface area contributed by atoms with E-state index in [2.05, 4.69) is 48.0 Å². The maximum absolute atomic E-state index is 5.91. The molecular weight excluding hydrogens is 389 g/mol. The van der Waals surface area contributed by atoms with E-state index in [9.17, 15) is 0 Å². The molecule has 1 aromatic carbocycles. The zero-order valence-corrected chi connectivity index (χ0v) is 16.2. The predicted molar refractivity (Wildman–Crippen MR) is 105 cm³/mol. The number of rotatable bonds is 10. The number of hydrogen-bond acceptors (Lipinski definition) is 2. The number of nitrogens with two attached hydrogens (primary N) is 1. The highest BCUT2D eigenvalue weighted by molar-refractivity contribution is 14.0. The van der Waals surface area contributed by atoms with Crippen molar-refractivity contribution >= 4 is 29.9 Å². The van der Waals surface area contributed by atoms with E-state index in [0.717, 1.165) is 52.1 Å². The molecule has 0 aliphatic heterocycles. The molecule has 0 saturated carbocycles. The molecule has 1 aromatic rings. The van der Waals surface area contributed by atoms with Crippen LogP contribution in [0.1, 0.15) is 32.3 Å². The first-order valence-electron chi connectivity index (χ1n) is 7.94. The number of guanidine groups is 1. The van der Waals surface area contributed by atoms with Gasteiger partial charge in [-0.25, -0.2) is 0 Å². The summed E-state index contributed by atoms with van der Waals surface area (Å²) in [5.74, 6) is 0.657. The van der Waals surface area contributed by atoms with Crippen LogP contribution in [0.3, 0.4) is 0 Å². The number of benzene rings is 1. The Labute approximate surface area is 152 Å². The third-order valence-corrected chi connectivity index (χ3v) is 3.44. The molecule has 0 fully saturated rings. The molecule has 22 heavy (non-hydrogen) atoms. The summed E-state index contributed by atoms with van der Waals surface area (Å²) in [4.78, 5) is 6.46. The molecule has 0 aromatic heterocycles. The quantitative estimate of drug-likeness (QED) is 0.274. The monoisotopic (exact) mass is 419 g/mol. The largest absolute Gasteiger partial charge is 0.381 e. The fourth-order valence-corrected chi connectivity index (χ4v) is 2.09. The van der Waals surface area contributed by atoms with Crippen LogP contribution in [0.15, 0.2) is 35.3 Å². The number of ether oxygens (including phenoxy) is 1. The molecule has 0 amide bonds. The van der Waals surface area contributed by atoms with Gasteiger partial charge in [0.1, 0.15) is 0 Å². The summed E-state index contributed by atoms with van der Waals surface area (Å²) in [6.45, 7) is 8.37. The molecular formula is C17H30IN3O. The SMILES string of the molecule is CCN(CC)C(N)=NCCCCOCCc1ccccc1.I. The molecule has 126 valence electrons. The Morgan fingerprint density at radius 3 is 2.41 bits per heavy atom. The normalized spacial score (nSPS) is 11.1. The minimum atomic E-state index is 0. The second-order valence-corrected chi connectivity index (χ2v) is 4.97. The van der Waals surface area contributed by atoms with Gasteiger partial charge >= 0.3 is 0 Å². The number of nitrogens with zero attached hydrogens (tertiary/aromatic N) is 2. The average molecular weight is 419 g/mol. The van der Waals surface area contributed by atoms with E-state index in [0.29, 0.717) is 5.96 Å². The molecule has 0 spiro atoms. The molecule has 4 nitrogen and oxygen atoms in total. The summed E-state index contributed by atoms with van der Waals surface area (Å²) in [6, 6.07) is 10.4. The van der Waals surface area contributed by atoms with Crippen molar-refractivity contribution in [2.75, 3.05) is 32.8 Å². The van der Waals surface area contributed by atoms with E-state index in [1.807, 2.05) is 6.07 Å². The first kappa shape index (κ1) is 21.2. The number of unbranched alkanes of at least 4 members (excludes halogenated alkanes) is 1. The minimum absolute atomic E-state index is 0. The van der Waals surface area contributed by atoms with Gasteiger partial charge in [0.25, 0.3) is 0 Å². The zero-order chi connectivity index (χ0) is 15.3. The zero-order valence-electron chi connectivity index (χ0n) is 13.8. The summed E-state index contributed by atoms with van der Waals surface area (Å²) in [7, 11) is 0. The van der Waals surface area contributed by atoms with Crippen molar-refractivity contribution in [1.29, 1.82) is 0 Å². The van der Waals surface area contributed by atoms with Crippen LogP contribution in [-0.4, -0.2) is 43.7 Å². The molecule has 0 atom stereocenters. The lowest BCUT2D eigenvalue weighted by molar-refractivity contribution is 0.134. The lowest BCUT2D eigenvalue weighted by Gasteiger charge is -2.19. The molecule has 2 N–H and O–H groups in total. The maximum atomic E-state index is 5.91. The molecule has 0 unspecified atom stereocenters. The molecule has 0 radical (unpaired) electrons. The number of aliphatic imine (C=N–C) groups is 1. The van der Waals surface area contributed by atoms with E-state index in [-0.39, 0.29) is 24.0 Å². The third kappa shape index (κ3) is 9.25. The topological polar surface area (TPSA) is 50.8 Å². The van der Waals surface area contributed by atoms with Crippen LogP contribution in [0.5, 0.6) is 0 Å². The van der Waals surface area contributed by atoms with E-state index in [4.69, 9.17) is 10.5 Å². The Hall–Kier alpha value is -0.820. The predicted octanol–water partition coefficient (Wildman–Crippen LogP) is 3.30. The lowest BCUT2D eigenvalue weighted by Crippen LogP contribution is -2.37. The first-order chi connectivity index (χ1) is 10.3. The Kier molecular flexibility index (Phi) is 13.3. The van der Waals surface area contributed by atoms with E-state index >= 15 is 0 Å². The van der Waals surface area contributed by atoms with Gasteiger partial charge in [-0.05, 0) is 38.7 Å². The number of halogens is 1. The highest BCUT2D eigenvalue weighted by atomic mass is 127. The average Bonchev–Trinajstić information content (AvgIpc) is 2.52.